The minimum Gasteiger partial charge on any atom is -0.381 e. The molecule has 39 heavy (non-hydrogen) atoms. The lowest BCUT2D eigenvalue weighted by Crippen LogP contribution is -2.62. The molecule has 0 spiro atoms. The van der Waals surface area contributed by atoms with E-state index in [0.29, 0.717) is 37.3 Å². The van der Waals surface area contributed by atoms with Gasteiger partial charge >= 0.3 is 12.1 Å². The fourth-order valence-electron chi connectivity index (χ4n) is 5.50. The molecule has 2 aromatic rings. The number of carbonyl (C=O) groups excluding carboxylic acids is 3. The molecule has 0 saturated carbocycles. The maximum atomic E-state index is 13.6. The Balaban J connectivity index is 1.58. The fourth-order valence-corrected chi connectivity index (χ4v) is 5.50. The van der Waals surface area contributed by atoms with Gasteiger partial charge in [-0.2, -0.15) is 13.2 Å². The molecule has 9 nitrogen and oxygen atoms in total. The molecule has 2 aliphatic rings. The van der Waals surface area contributed by atoms with Crippen molar-refractivity contribution >= 4 is 28.6 Å². The molecule has 212 valence electrons. The molecule has 2 aliphatic heterocycles. The predicted molar refractivity (Wildman–Crippen MR) is 136 cm³/mol. The van der Waals surface area contributed by atoms with Crippen molar-refractivity contribution in [1.29, 1.82) is 0 Å². The topological polar surface area (TPSA) is 114 Å². The zero-order chi connectivity index (χ0) is 28.4. The summed E-state index contributed by atoms with van der Waals surface area (Å²) >= 11 is 0. The lowest BCUT2D eigenvalue weighted by atomic mass is 9.76. The van der Waals surface area contributed by atoms with E-state index in [-0.39, 0.29) is 24.3 Å². The third-order valence-corrected chi connectivity index (χ3v) is 7.56. The molecule has 3 atom stereocenters. The van der Waals surface area contributed by atoms with Crippen LogP contribution < -0.4 is 10.6 Å². The number of aromatic nitrogens is 2. The Labute approximate surface area is 224 Å². The second kappa shape index (κ2) is 11.4. The number of nitrogens with one attached hydrogen (secondary N) is 2. The summed E-state index contributed by atoms with van der Waals surface area (Å²) in [6.07, 6.45) is 1.75. The smallest absolute Gasteiger partial charge is 0.381 e. The average molecular weight is 550 g/mol. The maximum absolute atomic E-state index is 13.6. The number of hydrogen-bond donors (Lipinski definition) is 2. The van der Waals surface area contributed by atoms with Gasteiger partial charge in [0.2, 0.25) is 5.91 Å². The van der Waals surface area contributed by atoms with Gasteiger partial charge in [0, 0.05) is 56.3 Å². The minimum absolute atomic E-state index is 0.00963. The van der Waals surface area contributed by atoms with Gasteiger partial charge < -0.3 is 20.3 Å². The number of carbonyl (C=O) groups is 3. The number of rotatable bonds is 5. The van der Waals surface area contributed by atoms with Crippen LogP contribution in [0.25, 0.3) is 10.9 Å². The van der Waals surface area contributed by atoms with E-state index in [0.717, 1.165) is 18.2 Å². The standard InChI is InChI=1S/C27H34F3N5O4/c1-26(2,3)22(34-25(38)27(28,29)30)23(36)33-20-15-35(10-6-18(20)16-7-11-39-12-8-16)24(37)19-14-31-13-17-5-4-9-32-21(17)19/h4-5,9,13-14,16,18,20,22H,6-8,10-12,15H2,1-3H3,(H,33,36)(H,34,38)/t18-,20+,22+/m0/s1. The largest absolute Gasteiger partial charge is 0.471 e. The zero-order valence-electron chi connectivity index (χ0n) is 22.3. The maximum Gasteiger partial charge on any atom is 0.471 e. The van der Waals surface area contributed by atoms with Gasteiger partial charge in [0.05, 0.1) is 11.1 Å². The molecule has 0 aliphatic carbocycles. The number of ether oxygens (including phenoxy) is 1. The van der Waals surface area contributed by atoms with Crippen molar-refractivity contribution in [2.75, 3.05) is 26.3 Å². The molecule has 0 unspecified atom stereocenters. The van der Waals surface area contributed by atoms with Crippen LogP contribution in [0.5, 0.6) is 0 Å². The van der Waals surface area contributed by atoms with Crippen LogP contribution in [0.15, 0.2) is 30.7 Å². The number of halogens is 3. The van der Waals surface area contributed by atoms with Gasteiger partial charge in [-0.15, -0.1) is 0 Å². The van der Waals surface area contributed by atoms with E-state index in [1.807, 2.05) is 11.4 Å². The monoisotopic (exact) mass is 549 g/mol. The van der Waals surface area contributed by atoms with E-state index in [1.165, 1.54) is 6.20 Å². The molecule has 4 heterocycles. The molecular formula is C27H34F3N5O4. The Kier molecular flexibility index (Phi) is 8.43. The van der Waals surface area contributed by atoms with Crippen molar-refractivity contribution in [1.82, 2.24) is 25.5 Å². The highest BCUT2D eigenvalue weighted by Crippen LogP contribution is 2.33. The highest BCUT2D eigenvalue weighted by Gasteiger charge is 2.45. The van der Waals surface area contributed by atoms with Crippen molar-refractivity contribution in [3.05, 3.63) is 36.3 Å². The molecule has 12 heteroatoms. The van der Waals surface area contributed by atoms with Crippen molar-refractivity contribution in [2.24, 2.45) is 17.3 Å². The molecule has 2 saturated heterocycles. The van der Waals surface area contributed by atoms with Crippen molar-refractivity contribution in [3.8, 4) is 0 Å². The van der Waals surface area contributed by atoms with Crippen LogP contribution in [0, 0.1) is 17.3 Å². The highest BCUT2D eigenvalue weighted by molar-refractivity contribution is 6.05. The Bertz CT molecular complexity index is 1200. The molecule has 2 aromatic heterocycles. The average Bonchev–Trinajstić information content (AvgIpc) is 2.90. The van der Waals surface area contributed by atoms with Crippen molar-refractivity contribution in [3.63, 3.8) is 0 Å². The normalized spacial score (nSPS) is 21.8. The summed E-state index contributed by atoms with van der Waals surface area (Å²) in [5.74, 6) is -2.96. The van der Waals surface area contributed by atoms with Crippen LogP contribution in [-0.4, -0.2) is 77.2 Å². The molecule has 3 amide bonds. The molecule has 2 N–H and O–H groups in total. The molecule has 0 aromatic carbocycles. The summed E-state index contributed by atoms with van der Waals surface area (Å²) in [7, 11) is 0. The SMILES string of the molecule is CC(C)(C)[C@H](NC(=O)C(F)(F)F)C(=O)N[C@@H]1CN(C(=O)c2cncc3cccnc23)CC[C@H]1C1CCOCC1. The van der Waals surface area contributed by atoms with Gasteiger partial charge in [-0.25, -0.2) is 0 Å². The molecule has 0 bridgehead atoms. The first kappa shape index (κ1) is 28.7. The number of likely N-dealkylation sites (tertiary alicyclic amines) is 1. The number of hydrogen-bond acceptors (Lipinski definition) is 6. The Hall–Kier alpha value is -3.28. The van der Waals surface area contributed by atoms with Crippen LogP contribution in [0.1, 0.15) is 50.4 Å². The molecule has 0 radical (unpaired) electrons. The Morgan fingerprint density at radius 2 is 1.82 bits per heavy atom. The highest BCUT2D eigenvalue weighted by atomic mass is 19.4. The molecule has 4 rings (SSSR count). The van der Waals surface area contributed by atoms with Gasteiger partial charge in [0.1, 0.15) is 6.04 Å². The quantitative estimate of drug-likeness (QED) is 0.593. The van der Waals surface area contributed by atoms with E-state index in [4.69, 9.17) is 4.74 Å². The van der Waals surface area contributed by atoms with Crippen LogP contribution >= 0.6 is 0 Å². The fraction of sp³-hybridized carbons (Fsp3) is 0.593. The second-order valence-corrected chi connectivity index (χ2v) is 11.3. The Morgan fingerprint density at radius 3 is 2.49 bits per heavy atom. The lowest BCUT2D eigenvalue weighted by molar-refractivity contribution is -0.175. The first-order valence-electron chi connectivity index (χ1n) is 13.1. The number of piperidine rings is 1. The summed E-state index contributed by atoms with van der Waals surface area (Å²) in [4.78, 5) is 48.9. The lowest BCUT2D eigenvalue weighted by Gasteiger charge is -2.44. The van der Waals surface area contributed by atoms with E-state index < -0.39 is 35.5 Å². The molecular weight excluding hydrogens is 515 g/mol. The Morgan fingerprint density at radius 1 is 1.10 bits per heavy atom. The number of fused-ring (bicyclic) bond motifs is 1. The summed E-state index contributed by atoms with van der Waals surface area (Å²) in [6, 6.07) is 1.61. The van der Waals surface area contributed by atoms with Gasteiger partial charge in [0.25, 0.3) is 5.91 Å². The third kappa shape index (κ3) is 6.66. The van der Waals surface area contributed by atoms with Gasteiger partial charge in [-0.05, 0) is 48.6 Å². The van der Waals surface area contributed by atoms with Crippen LogP contribution in [-0.2, 0) is 14.3 Å². The number of nitrogens with zero attached hydrogens (tertiary/aromatic N) is 3. The van der Waals surface area contributed by atoms with Crippen LogP contribution in [0.4, 0.5) is 13.2 Å². The third-order valence-electron chi connectivity index (χ3n) is 7.56. The molecule has 2 fully saturated rings. The number of alkyl halides is 3. The predicted octanol–water partition coefficient (Wildman–Crippen LogP) is 3.10. The van der Waals surface area contributed by atoms with Gasteiger partial charge in [-0.3, -0.25) is 24.4 Å². The summed E-state index contributed by atoms with van der Waals surface area (Å²) in [5, 5.41) is 5.50. The van der Waals surface area contributed by atoms with Crippen LogP contribution in [0.3, 0.4) is 0 Å². The summed E-state index contributed by atoms with van der Waals surface area (Å²) in [6.45, 7) is 6.54. The van der Waals surface area contributed by atoms with Gasteiger partial charge in [-0.1, -0.05) is 20.8 Å². The van der Waals surface area contributed by atoms with E-state index in [2.05, 4.69) is 15.3 Å². The summed E-state index contributed by atoms with van der Waals surface area (Å²) < 4.78 is 44.6. The number of amides is 3. The van der Waals surface area contributed by atoms with E-state index >= 15 is 0 Å². The summed E-state index contributed by atoms with van der Waals surface area (Å²) in [5.41, 5.74) is -0.135. The number of pyridine rings is 2. The van der Waals surface area contributed by atoms with Crippen molar-refractivity contribution < 1.29 is 32.3 Å². The van der Waals surface area contributed by atoms with Gasteiger partial charge in [0.15, 0.2) is 0 Å². The van der Waals surface area contributed by atoms with Crippen LogP contribution in [0.2, 0.25) is 0 Å². The first-order chi connectivity index (χ1) is 18.4. The zero-order valence-corrected chi connectivity index (χ0v) is 22.3. The minimum atomic E-state index is -5.12. The second-order valence-electron chi connectivity index (χ2n) is 11.3. The van der Waals surface area contributed by atoms with Crippen molar-refractivity contribution in [2.45, 2.75) is 58.3 Å². The first-order valence-corrected chi connectivity index (χ1v) is 13.1. The van der Waals surface area contributed by atoms with E-state index in [9.17, 15) is 27.6 Å². The van der Waals surface area contributed by atoms with E-state index in [1.54, 1.807) is 44.1 Å².